The first-order valence-electron chi connectivity index (χ1n) is 9.10. The van der Waals surface area contributed by atoms with E-state index in [0.717, 1.165) is 30.5 Å². The zero-order valence-electron chi connectivity index (χ0n) is 16.3. The number of fused-ring (bicyclic) bond motifs is 1. The van der Waals surface area contributed by atoms with Gasteiger partial charge < -0.3 is 9.47 Å². The number of nitrogens with one attached hydrogen (secondary N) is 1. The van der Waals surface area contributed by atoms with Gasteiger partial charge in [0.1, 0.15) is 16.7 Å². The van der Waals surface area contributed by atoms with E-state index < -0.39 is 21.8 Å². The highest BCUT2D eigenvalue weighted by Gasteiger charge is 2.30. The van der Waals surface area contributed by atoms with Crippen LogP contribution < -0.4 is 14.2 Å². The Hall–Kier alpha value is -3.12. The summed E-state index contributed by atoms with van der Waals surface area (Å²) in [5, 5.41) is 0. The highest BCUT2D eigenvalue weighted by atomic mass is 32.2. The molecule has 1 atom stereocenters. The molecule has 8 nitrogen and oxygen atoms in total. The van der Waals surface area contributed by atoms with Crippen LogP contribution in [0.15, 0.2) is 47.6 Å². The summed E-state index contributed by atoms with van der Waals surface area (Å²) < 4.78 is 78.0. The van der Waals surface area contributed by atoms with Gasteiger partial charge in [0.25, 0.3) is 6.01 Å². The summed E-state index contributed by atoms with van der Waals surface area (Å²) in [6.07, 6.45) is -1.75. The fraction of sp³-hybridized carbons (Fsp3) is 0.263. The first-order valence-corrected chi connectivity index (χ1v) is 10.6. The molecule has 3 aromatic rings. The summed E-state index contributed by atoms with van der Waals surface area (Å²) >= 11 is 0. The molecule has 0 saturated heterocycles. The van der Waals surface area contributed by atoms with Gasteiger partial charge in [-0.05, 0) is 44.3 Å². The van der Waals surface area contributed by atoms with Crippen molar-refractivity contribution >= 4 is 10.0 Å². The number of rotatable bonds is 5. The number of aromatic nitrogens is 3. The second kappa shape index (κ2) is 7.54. The molecule has 31 heavy (non-hydrogen) atoms. The van der Waals surface area contributed by atoms with E-state index in [2.05, 4.69) is 14.7 Å². The number of halogens is 3. The summed E-state index contributed by atoms with van der Waals surface area (Å²) in [7, 11) is -2.54. The maximum Gasteiger partial charge on any atom is 0.416 e. The lowest BCUT2D eigenvalue weighted by Crippen LogP contribution is -2.19. The quantitative estimate of drug-likeness (QED) is 0.635. The molecular formula is C19H17F3N4O4S. The van der Waals surface area contributed by atoms with Crippen molar-refractivity contribution in [2.45, 2.75) is 30.6 Å². The molecule has 12 heteroatoms. The van der Waals surface area contributed by atoms with Crippen LogP contribution in [0.5, 0.6) is 17.6 Å². The Morgan fingerprint density at radius 2 is 1.97 bits per heavy atom. The van der Waals surface area contributed by atoms with E-state index in [-0.39, 0.29) is 28.2 Å². The molecule has 0 radical (unpaired) electrons. The molecular weight excluding hydrogens is 437 g/mol. The van der Waals surface area contributed by atoms with E-state index in [9.17, 15) is 21.6 Å². The first kappa shape index (κ1) is 21.1. The number of alkyl halides is 3. The topological polar surface area (TPSA) is 95.3 Å². The van der Waals surface area contributed by atoms with Gasteiger partial charge in [-0.1, -0.05) is 0 Å². The maximum atomic E-state index is 12.8. The molecule has 0 amide bonds. The monoisotopic (exact) mass is 454 g/mol. The van der Waals surface area contributed by atoms with Crippen molar-refractivity contribution in [1.29, 1.82) is 0 Å². The van der Waals surface area contributed by atoms with Gasteiger partial charge in [0.2, 0.25) is 15.9 Å². The lowest BCUT2D eigenvalue weighted by molar-refractivity contribution is -0.137. The number of nitrogens with zero attached hydrogens (tertiary/aromatic N) is 3. The van der Waals surface area contributed by atoms with Crippen LogP contribution in [0, 0.1) is 0 Å². The third kappa shape index (κ3) is 4.21. The molecule has 0 fully saturated rings. The van der Waals surface area contributed by atoms with Gasteiger partial charge in [0.05, 0.1) is 29.6 Å². The van der Waals surface area contributed by atoms with Crippen LogP contribution in [0.25, 0.3) is 11.3 Å². The summed E-state index contributed by atoms with van der Waals surface area (Å²) in [6.45, 7) is 2.45. The predicted octanol–water partition coefficient (Wildman–Crippen LogP) is 3.45. The fourth-order valence-electron chi connectivity index (χ4n) is 3.03. The average Bonchev–Trinajstić information content (AvgIpc) is 3.25. The lowest BCUT2D eigenvalue weighted by Gasteiger charge is -2.12. The number of benzene rings is 1. The minimum atomic E-state index is -4.47. The van der Waals surface area contributed by atoms with Crippen LogP contribution >= 0.6 is 0 Å². The van der Waals surface area contributed by atoms with Crippen LogP contribution in [-0.4, -0.2) is 36.1 Å². The summed E-state index contributed by atoms with van der Waals surface area (Å²) in [4.78, 5) is 8.33. The second-order valence-electron chi connectivity index (χ2n) is 6.85. The van der Waals surface area contributed by atoms with Crippen molar-refractivity contribution in [3.8, 4) is 28.9 Å². The highest BCUT2D eigenvalue weighted by Crippen LogP contribution is 2.36. The first-order chi connectivity index (χ1) is 14.6. The van der Waals surface area contributed by atoms with Crippen molar-refractivity contribution in [1.82, 2.24) is 19.3 Å². The van der Waals surface area contributed by atoms with E-state index in [1.165, 1.54) is 13.1 Å². The summed E-state index contributed by atoms with van der Waals surface area (Å²) in [6, 6.07) is 5.78. The average molecular weight is 454 g/mol. The van der Waals surface area contributed by atoms with Gasteiger partial charge in [-0.25, -0.2) is 18.1 Å². The van der Waals surface area contributed by atoms with Gasteiger partial charge in [0.15, 0.2) is 0 Å². The van der Waals surface area contributed by atoms with Crippen molar-refractivity contribution in [3.05, 3.63) is 48.3 Å². The minimum Gasteiger partial charge on any atom is -0.460 e. The Labute approximate surface area is 175 Å². The van der Waals surface area contributed by atoms with Crippen LogP contribution in [-0.2, 0) is 22.7 Å². The Balaban J connectivity index is 1.74. The Morgan fingerprint density at radius 1 is 1.26 bits per heavy atom. The van der Waals surface area contributed by atoms with Crippen molar-refractivity contribution in [2.24, 2.45) is 0 Å². The summed E-state index contributed by atoms with van der Waals surface area (Å²) in [5.74, 6) is 0.0854. The molecule has 0 saturated carbocycles. The van der Waals surface area contributed by atoms with E-state index in [1.54, 1.807) is 10.8 Å². The number of sulfonamides is 1. The van der Waals surface area contributed by atoms with E-state index in [1.807, 2.05) is 6.92 Å². The van der Waals surface area contributed by atoms with Crippen LogP contribution in [0.3, 0.4) is 0 Å². The fourth-order valence-corrected chi connectivity index (χ4v) is 3.73. The zero-order valence-corrected chi connectivity index (χ0v) is 17.2. The van der Waals surface area contributed by atoms with Gasteiger partial charge in [-0.2, -0.15) is 18.2 Å². The van der Waals surface area contributed by atoms with E-state index in [0.29, 0.717) is 18.2 Å². The molecule has 0 aliphatic carbocycles. The van der Waals surface area contributed by atoms with Crippen LogP contribution in [0.2, 0.25) is 0 Å². The molecule has 1 aliphatic heterocycles. The highest BCUT2D eigenvalue weighted by molar-refractivity contribution is 7.89. The SMILES string of the molecule is CNS(=O)(=O)c1cnc(Oc2ccc(C(F)(F)F)cc2)c(-c2cn3c(n2)OC(C)C3)c1. The normalized spacial score (nSPS) is 16.1. The van der Waals surface area contributed by atoms with Crippen molar-refractivity contribution in [3.63, 3.8) is 0 Å². The predicted molar refractivity (Wildman–Crippen MR) is 103 cm³/mol. The number of hydrogen-bond acceptors (Lipinski definition) is 6. The third-order valence-electron chi connectivity index (χ3n) is 4.58. The molecule has 1 aromatic carbocycles. The summed E-state index contributed by atoms with van der Waals surface area (Å²) in [5.41, 5.74) is -0.223. The maximum absolute atomic E-state index is 12.8. The minimum absolute atomic E-state index is 0.0142. The molecule has 164 valence electrons. The Morgan fingerprint density at radius 3 is 2.58 bits per heavy atom. The van der Waals surface area contributed by atoms with Crippen molar-refractivity contribution < 1.29 is 31.1 Å². The standard InChI is InChI=1S/C19H17F3N4O4S/c1-11-9-26-10-16(25-18(26)29-11)15-7-14(31(27,28)23-2)8-24-17(15)30-13-5-3-12(4-6-13)19(20,21)22/h3-8,10-11,23H,9H2,1-2H3. The molecule has 1 unspecified atom stereocenters. The molecule has 2 aromatic heterocycles. The van der Waals surface area contributed by atoms with Gasteiger partial charge >= 0.3 is 6.18 Å². The van der Waals surface area contributed by atoms with E-state index >= 15 is 0 Å². The second-order valence-corrected chi connectivity index (χ2v) is 8.73. The number of imidazole rings is 1. The van der Waals surface area contributed by atoms with Gasteiger partial charge in [-0.3, -0.25) is 4.57 Å². The van der Waals surface area contributed by atoms with E-state index in [4.69, 9.17) is 9.47 Å². The molecule has 1 N–H and O–H groups in total. The largest absolute Gasteiger partial charge is 0.460 e. The smallest absolute Gasteiger partial charge is 0.416 e. The zero-order chi connectivity index (χ0) is 22.4. The molecule has 0 bridgehead atoms. The molecule has 3 heterocycles. The molecule has 1 aliphatic rings. The van der Waals surface area contributed by atoms with Crippen LogP contribution in [0.1, 0.15) is 12.5 Å². The Kier molecular flexibility index (Phi) is 5.13. The van der Waals surface area contributed by atoms with Gasteiger partial charge in [-0.15, -0.1) is 0 Å². The van der Waals surface area contributed by atoms with Crippen LogP contribution in [0.4, 0.5) is 13.2 Å². The van der Waals surface area contributed by atoms with Gasteiger partial charge in [0, 0.05) is 6.20 Å². The van der Waals surface area contributed by atoms with Crippen molar-refractivity contribution in [2.75, 3.05) is 7.05 Å². The number of ether oxygens (including phenoxy) is 2. The number of hydrogen-bond donors (Lipinski definition) is 1. The molecule has 4 rings (SSSR count). The third-order valence-corrected chi connectivity index (χ3v) is 5.96. The number of pyridine rings is 1. The molecule has 0 spiro atoms. The Bertz CT molecular complexity index is 1200. The lowest BCUT2D eigenvalue weighted by atomic mass is 10.2.